The first kappa shape index (κ1) is 10.5. The lowest BCUT2D eigenvalue weighted by atomic mass is 10.0. The first-order valence-electron chi connectivity index (χ1n) is 5.14. The summed E-state index contributed by atoms with van der Waals surface area (Å²) in [7, 11) is 0. The maximum atomic E-state index is 11.3. The van der Waals surface area contributed by atoms with Crippen LogP contribution in [0.2, 0.25) is 0 Å². The van der Waals surface area contributed by atoms with Crippen molar-refractivity contribution in [2.75, 3.05) is 5.73 Å². The number of aromatic nitrogens is 1. The maximum Gasteiger partial charge on any atom is 0.248 e. The highest BCUT2D eigenvalue weighted by atomic mass is 16.1. The Morgan fingerprint density at radius 1 is 1.06 bits per heavy atom. The number of anilines is 1. The van der Waals surface area contributed by atoms with Gasteiger partial charge in [-0.25, -0.2) is 0 Å². The van der Waals surface area contributed by atoms with E-state index in [1.807, 2.05) is 38.1 Å². The van der Waals surface area contributed by atoms with Crippen molar-refractivity contribution in [3.8, 4) is 11.1 Å². The highest BCUT2D eigenvalue weighted by molar-refractivity contribution is 5.68. The van der Waals surface area contributed by atoms with Gasteiger partial charge in [-0.2, -0.15) is 0 Å². The monoisotopic (exact) mass is 214 g/mol. The summed E-state index contributed by atoms with van der Waals surface area (Å²) in [5.41, 5.74) is 10.3. The summed E-state index contributed by atoms with van der Waals surface area (Å²) in [5, 5.41) is 0. The lowest BCUT2D eigenvalue weighted by Crippen LogP contribution is -2.05. The fourth-order valence-electron chi connectivity index (χ4n) is 1.67. The Labute approximate surface area is 93.9 Å². The minimum absolute atomic E-state index is 0.0888. The summed E-state index contributed by atoms with van der Waals surface area (Å²) in [6, 6.07) is 9.34. The molecule has 0 radical (unpaired) electrons. The van der Waals surface area contributed by atoms with Gasteiger partial charge in [0.2, 0.25) is 5.56 Å². The number of aromatic amines is 1. The van der Waals surface area contributed by atoms with Crippen molar-refractivity contribution < 1.29 is 0 Å². The molecule has 1 aromatic carbocycles. The van der Waals surface area contributed by atoms with E-state index in [1.165, 1.54) is 0 Å². The van der Waals surface area contributed by atoms with E-state index in [0.29, 0.717) is 0 Å². The number of aryl methyl sites for hydroxylation is 2. The van der Waals surface area contributed by atoms with Crippen LogP contribution in [0.25, 0.3) is 11.1 Å². The fourth-order valence-corrected chi connectivity index (χ4v) is 1.67. The Morgan fingerprint density at radius 3 is 2.44 bits per heavy atom. The molecule has 0 aliphatic carbocycles. The molecule has 16 heavy (non-hydrogen) atoms. The van der Waals surface area contributed by atoms with Gasteiger partial charge in [0.15, 0.2) is 0 Å². The Morgan fingerprint density at radius 2 is 1.81 bits per heavy atom. The van der Waals surface area contributed by atoms with Gasteiger partial charge in [-0.15, -0.1) is 0 Å². The van der Waals surface area contributed by atoms with E-state index in [9.17, 15) is 4.79 Å². The predicted molar refractivity (Wildman–Crippen MR) is 66.4 cm³/mol. The normalized spacial score (nSPS) is 10.4. The molecule has 3 N–H and O–H groups in total. The largest absolute Gasteiger partial charge is 0.398 e. The van der Waals surface area contributed by atoms with Crippen LogP contribution >= 0.6 is 0 Å². The van der Waals surface area contributed by atoms with E-state index in [0.717, 1.165) is 28.1 Å². The van der Waals surface area contributed by atoms with Crippen molar-refractivity contribution in [3.05, 3.63) is 51.9 Å². The van der Waals surface area contributed by atoms with Crippen LogP contribution in [-0.4, -0.2) is 4.98 Å². The summed E-state index contributed by atoms with van der Waals surface area (Å²) in [5.74, 6) is 0. The van der Waals surface area contributed by atoms with Crippen LogP contribution in [0.4, 0.5) is 5.69 Å². The van der Waals surface area contributed by atoms with Crippen LogP contribution in [-0.2, 0) is 0 Å². The van der Waals surface area contributed by atoms with Crippen LogP contribution in [0.15, 0.2) is 35.1 Å². The van der Waals surface area contributed by atoms with Gasteiger partial charge < -0.3 is 10.7 Å². The van der Waals surface area contributed by atoms with Crippen molar-refractivity contribution in [3.63, 3.8) is 0 Å². The van der Waals surface area contributed by atoms with Gasteiger partial charge in [-0.05, 0) is 42.7 Å². The van der Waals surface area contributed by atoms with Crippen molar-refractivity contribution in [1.82, 2.24) is 4.98 Å². The number of benzene rings is 1. The van der Waals surface area contributed by atoms with E-state index in [2.05, 4.69) is 4.98 Å². The van der Waals surface area contributed by atoms with Gasteiger partial charge >= 0.3 is 0 Å². The molecule has 0 saturated carbocycles. The van der Waals surface area contributed by atoms with Gasteiger partial charge in [0.05, 0.1) is 0 Å². The van der Waals surface area contributed by atoms with E-state index >= 15 is 0 Å². The topological polar surface area (TPSA) is 58.9 Å². The number of H-pyrrole nitrogens is 1. The standard InChI is InChI=1S/C13H14N2O/c1-8-3-4-10(6-12(8)14)11-5-9(2)15-13(16)7-11/h3-7H,14H2,1-2H3,(H,15,16). The molecule has 0 saturated heterocycles. The minimum atomic E-state index is -0.0888. The number of rotatable bonds is 1. The maximum absolute atomic E-state index is 11.3. The minimum Gasteiger partial charge on any atom is -0.398 e. The van der Waals surface area contributed by atoms with Gasteiger partial charge in [0.25, 0.3) is 0 Å². The smallest absolute Gasteiger partial charge is 0.248 e. The number of nitrogens with one attached hydrogen (secondary N) is 1. The lowest BCUT2D eigenvalue weighted by molar-refractivity contribution is 1.14. The van der Waals surface area contributed by atoms with Crippen LogP contribution in [0.3, 0.4) is 0 Å². The first-order valence-corrected chi connectivity index (χ1v) is 5.14. The molecular formula is C13H14N2O. The summed E-state index contributed by atoms with van der Waals surface area (Å²) >= 11 is 0. The first-order chi connectivity index (χ1) is 7.56. The summed E-state index contributed by atoms with van der Waals surface area (Å²) in [4.78, 5) is 14.1. The quantitative estimate of drug-likeness (QED) is 0.715. The Kier molecular flexibility index (Phi) is 2.52. The third kappa shape index (κ3) is 1.98. The molecule has 3 nitrogen and oxygen atoms in total. The van der Waals surface area contributed by atoms with Gasteiger partial charge in [0, 0.05) is 17.4 Å². The zero-order chi connectivity index (χ0) is 11.7. The van der Waals surface area contributed by atoms with E-state index in [-0.39, 0.29) is 5.56 Å². The molecule has 0 amide bonds. The third-order valence-corrected chi connectivity index (χ3v) is 2.59. The molecule has 0 aliphatic heterocycles. The summed E-state index contributed by atoms with van der Waals surface area (Å²) < 4.78 is 0. The van der Waals surface area contributed by atoms with Crippen molar-refractivity contribution in [2.45, 2.75) is 13.8 Å². The van der Waals surface area contributed by atoms with E-state index < -0.39 is 0 Å². The average molecular weight is 214 g/mol. The highest BCUT2D eigenvalue weighted by Gasteiger charge is 2.02. The molecule has 1 aromatic heterocycles. The van der Waals surface area contributed by atoms with Gasteiger partial charge in [-0.3, -0.25) is 4.79 Å². The Hall–Kier alpha value is -2.03. The number of pyridine rings is 1. The summed E-state index contributed by atoms with van der Waals surface area (Å²) in [6.45, 7) is 3.82. The number of nitrogens with two attached hydrogens (primary N) is 1. The lowest BCUT2D eigenvalue weighted by Gasteiger charge is -2.05. The van der Waals surface area contributed by atoms with Crippen LogP contribution in [0.1, 0.15) is 11.3 Å². The Bertz CT molecular complexity index is 585. The molecule has 3 heteroatoms. The molecule has 82 valence electrons. The van der Waals surface area contributed by atoms with Crippen LogP contribution < -0.4 is 11.3 Å². The number of nitrogen functional groups attached to an aromatic ring is 1. The second kappa shape index (κ2) is 3.85. The van der Waals surface area contributed by atoms with E-state index in [4.69, 9.17) is 5.73 Å². The molecule has 0 fully saturated rings. The molecule has 0 bridgehead atoms. The van der Waals surface area contributed by atoms with Crippen molar-refractivity contribution >= 4 is 5.69 Å². The van der Waals surface area contributed by atoms with E-state index in [1.54, 1.807) is 6.07 Å². The molecule has 0 unspecified atom stereocenters. The zero-order valence-electron chi connectivity index (χ0n) is 9.37. The zero-order valence-corrected chi connectivity index (χ0v) is 9.37. The molecule has 0 atom stereocenters. The highest BCUT2D eigenvalue weighted by Crippen LogP contribution is 2.22. The fraction of sp³-hybridized carbons (Fsp3) is 0.154. The molecule has 0 spiro atoms. The second-order valence-electron chi connectivity index (χ2n) is 3.99. The second-order valence-corrected chi connectivity index (χ2v) is 3.99. The van der Waals surface area contributed by atoms with Crippen molar-refractivity contribution in [2.24, 2.45) is 0 Å². The van der Waals surface area contributed by atoms with Gasteiger partial charge in [-0.1, -0.05) is 12.1 Å². The Balaban J connectivity index is 2.58. The third-order valence-electron chi connectivity index (χ3n) is 2.59. The molecule has 2 rings (SSSR count). The van der Waals surface area contributed by atoms with Gasteiger partial charge in [0.1, 0.15) is 0 Å². The molecule has 2 aromatic rings. The average Bonchev–Trinajstić information content (AvgIpc) is 2.20. The SMILES string of the molecule is Cc1cc(-c2ccc(C)c(N)c2)cc(=O)[nH]1. The number of hydrogen-bond donors (Lipinski definition) is 2. The van der Waals surface area contributed by atoms with Crippen LogP contribution in [0.5, 0.6) is 0 Å². The number of hydrogen-bond acceptors (Lipinski definition) is 2. The summed E-state index contributed by atoms with van der Waals surface area (Å²) in [6.07, 6.45) is 0. The molecular weight excluding hydrogens is 200 g/mol. The predicted octanol–water partition coefficient (Wildman–Crippen LogP) is 2.24. The van der Waals surface area contributed by atoms with Crippen molar-refractivity contribution in [1.29, 1.82) is 0 Å². The molecule has 0 aliphatic rings. The van der Waals surface area contributed by atoms with Crippen LogP contribution in [0, 0.1) is 13.8 Å². The molecule has 1 heterocycles.